The van der Waals surface area contributed by atoms with Crippen LogP contribution in [0.4, 0.5) is 0 Å². The number of benzene rings is 1. The minimum Gasteiger partial charge on any atom is -0.478 e. The van der Waals surface area contributed by atoms with Crippen molar-refractivity contribution in [2.24, 2.45) is 0 Å². The van der Waals surface area contributed by atoms with Gasteiger partial charge in [0, 0.05) is 15.6 Å². The summed E-state index contributed by atoms with van der Waals surface area (Å²) in [6.07, 6.45) is 0. The molecule has 0 aliphatic rings. The van der Waals surface area contributed by atoms with Crippen molar-refractivity contribution in [2.45, 2.75) is 26.7 Å². The number of pyridine rings is 1. The Labute approximate surface area is 114 Å². The van der Waals surface area contributed by atoms with Gasteiger partial charge in [0.15, 0.2) is 0 Å². The van der Waals surface area contributed by atoms with Crippen molar-refractivity contribution < 1.29 is 9.90 Å². The van der Waals surface area contributed by atoms with Crippen LogP contribution in [0.5, 0.6) is 0 Å². The average molecular weight is 308 g/mol. The van der Waals surface area contributed by atoms with Gasteiger partial charge >= 0.3 is 5.97 Å². The van der Waals surface area contributed by atoms with Crippen molar-refractivity contribution in [3.63, 3.8) is 0 Å². The summed E-state index contributed by atoms with van der Waals surface area (Å²) in [5.74, 6) is -0.720. The average Bonchev–Trinajstić information content (AvgIpc) is 2.27. The summed E-state index contributed by atoms with van der Waals surface area (Å²) in [4.78, 5) is 15.9. The first kappa shape index (κ1) is 13.0. The van der Waals surface area contributed by atoms with Crippen LogP contribution in [-0.4, -0.2) is 16.1 Å². The third-order valence-electron chi connectivity index (χ3n) is 2.85. The zero-order chi connectivity index (χ0) is 13.4. The van der Waals surface area contributed by atoms with Gasteiger partial charge in [-0.05, 0) is 52.5 Å². The maximum Gasteiger partial charge on any atom is 0.336 e. The first-order valence-electron chi connectivity index (χ1n) is 5.74. The van der Waals surface area contributed by atoms with Crippen LogP contribution in [0.25, 0.3) is 10.9 Å². The molecule has 0 fully saturated rings. The maximum absolute atomic E-state index is 11.4. The SMILES string of the molecule is Cc1cc(Br)c2nc(C(C)C)cc(C(=O)O)c2c1. The Morgan fingerprint density at radius 2 is 2.00 bits per heavy atom. The van der Waals surface area contributed by atoms with E-state index in [1.807, 2.05) is 32.9 Å². The van der Waals surface area contributed by atoms with E-state index in [-0.39, 0.29) is 5.92 Å². The standard InChI is InChI=1S/C14H14BrNO2/c1-7(2)12-6-10(14(17)18)9-4-8(3)5-11(15)13(9)16-12/h4-7H,1-3H3,(H,17,18). The van der Waals surface area contributed by atoms with Gasteiger partial charge in [-0.15, -0.1) is 0 Å². The smallest absolute Gasteiger partial charge is 0.336 e. The zero-order valence-corrected chi connectivity index (χ0v) is 12.1. The van der Waals surface area contributed by atoms with E-state index in [0.717, 1.165) is 15.7 Å². The fourth-order valence-electron chi connectivity index (χ4n) is 1.91. The third kappa shape index (κ3) is 2.25. The van der Waals surface area contributed by atoms with Crippen molar-refractivity contribution in [1.29, 1.82) is 0 Å². The molecule has 0 saturated carbocycles. The first-order valence-corrected chi connectivity index (χ1v) is 6.53. The molecule has 94 valence electrons. The van der Waals surface area contributed by atoms with Crippen LogP contribution in [0, 0.1) is 6.92 Å². The maximum atomic E-state index is 11.4. The largest absolute Gasteiger partial charge is 0.478 e. The normalized spacial score (nSPS) is 11.2. The molecule has 18 heavy (non-hydrogen) atoms. The molecular formula is C14H14BrNO2. The van der Waals surface area contributed by atoms with Crippen molar-refractivity contribution in [3.05, 3.63) is 39.5 Å². The van der Waals surface area contributed by atoms with E-state index in [0.29, 0.717) is 16.5 Å². The highest BCUT2D eigenvalue weighted by Crippen LogP contribution is 2.29. The fourth-order valence-corrected chi connectivity index (χ4v) is 2.58. The van der Waals surface area contributed by atoms with Crippen LogP contribution in [0.1, 0.15) is 41.4 Å². The number of hydrogen-bond donors (Lipinski definition) is 1. The summed E-state index contributed by atoms with van der Waals surface area (Å²) < 4.78 is 0.836. The Morgan fingerprint density at radius 3 is 2.56 bits per heavy atom. The van der Waals surface area contributed by atoms with Gasteiger partial charge in [-0.25, -0.2) is 4.79 Å². The van der Waals surface area contributed by atoms with Crippen LogP contribution in [0.2, 0.25) is 0 Å². The first-order chi connectivity index (χ1) is 8.40. The van der Waals surface area contributed by atoms with Gasteiger partial charge in [-0.1, -0.05) is 13.8 Å². The molecule has 2 aromatic rings. The molecule has 2 rings (SSSR count). The lowest BCUT2D eigenvalue weighted by Gasteiger charge is -2.11. The lowest BCUT2D eigenvalue weighted by Crippen LogP contribution is -2.03. The molecular weight excluding hydrogens is 294 g/mol. The number of hydrogen-bond acceptors (Lipinski definition) is 2. The van der Waals surface area contributed by atoms with Gasteiger partial charge in [0.25, 0.3) is 0 Å². The fraction of sp³-hybridized carbons (Fsp3) is 0.286. The minimum absolute atomic E-state index is 0.195. The highest BCUT2D eigenvalue weighted by molar-refractivity contribution is 9.10. The van der Waals surface area contributed by atoms with Crippen LogP contribution in [-0.2, 0) is 0 Å². The summed E-state index contributed by atoms with van der Waals surface area (Å²) in [5, 5.41) is 10.0. The number of carbonyl (C=O) groups is 1. The zero-order valence-electron chi connectivity index (χ0n) is 10.5. The van der Waals surface area contributed by atoms with E-state index < -0.39 is 5.97 Å². The third-order valence-corrected chi connectivity index (χ3v) is 3.46. The van der Waals surface area contributed by atoms with Gasteiger partial charge < -0.3 is 5.11 Å². The van der Waals surface area contributed by atoms with Crippen molar-refractivity contribution in [1.82, 2.24) is 4.98 Å². The Balaban J connectivity index is 2.90. The van der Waals surface area contributed by atoms with E-state index in [4.69, 9.17) is 0 Å². The molecule has 1 heterocycles. The number of carboxylic acids is 1. The van der Waals surface area contributed by atoms with Crippen LogP contribution < -0.4 is 0 Å². The van der Waals surface area contributed by atoms with E-state index in [9.17, 15) is 9.90 Å². The summed E-state index contributed by atoms with van der Waals surface area (Å²) >= 11 is 3.46. The highest BCUT2D eigenvalue weighted by atomic mass is 79.9. The number of carboxylic acid groups (broad SMARTS) is 1. The summed E-state index contributed by atoms with van der Waals surface area (Å²) in [6.45, 7) is 5.94. The van der Waals surface area contributed by atoms with Crippen LogP contribution >= 0.6 is 15.9 Å². The summed E-state index contributed by atoms with van der Waals surface area (Å²) in [5.41, 5.74) is 2.83. The molecule has 0 atom stereocenters. The second kappa shape index (κ2) is 4.69. The van der Waals surface area contributed by atoms with Crippen LogP contribution in [0.3, 0.4) is 0 Å². The van der Waals surface area contributed by atoms with E-state index in [1.165, 1.54) is 0 Å². The summed E-state index contributed by atoms with van der Waals surface area (Å²) in [7, 11) is 0. The Morgan fingerprint density at radius 1 is 1.33 bits per heavy atom. The van der Waals surface area contributed by atoms with Crippen molar-refractivity contribution >= 4 is 32.8 Å². The summed E-state index contributed by atoms with van der Waals surface area (Å²) in [6, 6.07) is 5.48. The van der Waals surface area contributed by atoms with Gasteiger partial charge in [-0.2, -0.15) is 0 Å². The van der Waals surface area contributed by atoms with E-state index in [2.05, 4.69) is 20.9 Å². The number of rotatable bonds is 2. The Kier molecular flexibility index (Phi) is 3.39. The van der Waals surface area contributed by atoms with Gasteiger partial charge in [0.05, 0.1) is 11.1 Å². The van der Waals surface area contributed by atoms with E-state index >= 15 is 0 Å². The minimum atomic E-state index is -0.915. The number of aromatic carboxylic acids is 1. The quantitative estimate of drug-likeness (QED) is 0.907. The van der Waals surface area contributed by atoms with Gasteiger partial charge in [0.2, 0.25) is 0 Å². The van der Waals surface area contributed by atoms with Gasteiger partial charge in [-0.3, -0.25) is 4.98 Å². The second-order valence-corrected chi connectivity index (χ2v) is 5.55. The van der Waals surface area contributed by atoms with Crippen LogP contribution in [0.15, 0.2) is 22.7 Å². The number of nitrogens with zero attached hydrogens (tertiary/aromatic N) is 1. The second-order valence-electron chi connectivity index (χ2n) is 4.70. The molecule has 0 aliphatic heterocycles. The Hall–Kier alpha value is -1.42. The molecule has 0 unspecified atom stereocenters. The van der Waals surface area contributed by atoms with E-state index in [1.54, 1.807) is 6.07 Å². The molecule has 1 aromatic carbocycles. The molecule has 0 spiro atoms. The molecule has 0 radical (unpaired) electrons. The predicted molar refractivity (Wildman–Crippen MR) is 75.2 cm³/mol. The molecule has 4 heteroatoms. The molecule has 0 aliphatic carbocycles. The molecule has 0 amide bonds. The number of aryl methyl sites for hydroxylation is 1. The highest BCUT2D eigenvalue weighted by Gasteiger charge is 2.15. The van der Waals surface area contributed by atoms with Crippen molar-refractivity contribution in [3.8, 4) is 0 Å². The number of aromatic nitrogens is 1. The predicted octanol–water partition coefficient (Wildman–Crippen LogP) is 4.13. The van der Waals surface area contributed by atoms with Gasteiger partial charge in [0.1, 0.15) is 0 Å². The number of halogens is 1. The topological polar surface area (TPSA) is 50.2 Å². The Bertz CT molecular complexity index is 635. The number of fused-ring (bicyclic) bond motifs is 1. The molecule has 1 aromatic heterocycles. The lowest BCUT2D eigenvalue weighted by molar-refractivity contribution is 0.0699. The molecule has 0 bridgehead atoms. The molecule has 0 saturated heterocycles. The van der Waals surface area contributed by atoms with Crippen molar-refractivity contribution in [2.75, 3.05) is 0 Å². The lowest BCUT2D eigenvalue weighted by atomic mass is 10.0. The molecule has 3 nitrogen and oxygen atoms in total. The monoisotopic (exact) mass is 307 g/mol. The molecule has 1 N–H and O–H groups in total.